The molecular formula is C13H19N3O2. The predicted octanol–water partition coefficient (Wildman–Crippen LogP) is 2.22. The maximum absolute atomic E-state index is 11.2. The van der Waals surface area contributed by atoms with Crippen molar-refractivity contribution in [1.29, 1.82) is 0 Å². The summed E-state index contributed by atoms with van der Waals surface area (Å²) in [5.74, 6) is 0. The van der Waals surface area contributed by atoms with E-state index in [-0.39, 0.29) is 16.7 Å². The molecule has 0 aromatic heterocycles. The fourth-order valence-electron chi connectivity index (χ4n) is 2.68. The second-order valence-corrected chi connectivity index (χ2v) is 4.78. The van der Waals surface area contributed by atoms with Crippen LogP contribution in [0.25, 0.3) is 0 Å². The minimum atomic E-state index is -0.285. The number of nitrogens with zero attached hydrogens (tertiary/aromatic N) is 2. The Kier molecular flexibility index (Phi) is 3.81. The molecular weight excluding hydrogens is 230 g/mol. The van der Waals surface area contributed by atoms with E-state index >= 15 is 0 Å². The topological polar surface area (TPSA) is 72.4 Å². The lowest BCUT2D eigenvalue weighted by atomic mass is 10.00. The van der Waals surface area contributed by atoms with E-state index in [9.17, 15) is 10.1 Å². The average Bonchev–Trinajstić information content (AvgIpc) is 2.38. The Labute approximate surface area is 107 Å². The number of rotatable bonds is 3. The molecule has 0 aliphatic carbocycles. The van der Waals surface area contributed by atoms with E-state index in [2.05, 4.69) is 4.90 Å². The van der Waals surface area contributed by atoms with Crippen LogP contribution in [0.1, 0.15) is 24.8 Å². The van der Waals surface area contributed by atoms with Crippen LogP contribution >= 0.6 is 0 Å². The molecule has 1 atom stereocenters. The quantitative estimate of drug-likeness (QED) is 0.658. The molecule has 1 heterocycles. The monoisotopic (exact) mass is 249 g/mol. The molecule has 5 nitrogen and oxygen atoms in total. The zero-order valence-corrected chi connectivity index (χ0v) is 10.6. The van der Waals surface area contributed by atoms with Crippen LogP contribution < -0.4 is 10.6 Å². The number of nitrogens with two attached hydrogens (primary N) is 1. The van der Waals surface area contributed by atoms with E-state index in [0.717, 1.165) is 31.5 Å². The third kappa shape index (κ3) is 2.31. The molecule has 0 spiro atoms. The molecule has 1 aromatic rings. The van der Waals surface area contributed by atoms with Crippen molar-refractivity contribution in [2.24, 2.45) is 5.73 Å². The molecule has 1 unspecified atom stereocenters. The van der Waals surface area contributed by atoms with Gasteiger partial charge in [-0.15, -0.1) is 0 Å². The number of para-hydroxylation sites is 1. The van der Waals surface area contributed by atoms with Gasteiger partial charge in [-0.3, -0.25) is 10.1 Å². The number of piperidine rings is 1. The van der Waals surface area contributed by atoms with Crippen molar-refractivity contribution in [2.75, 3.05) is 18.0 Å². The highest BCUT2D eigenvalue weighted by Gasteiger charge is 2.28. The van der Waals surface area contributed by atoms with Crippen molar-refractivity contribution in [1.82, 2.24) is 0 Å². The lowest BCUT2D eigenvalue weighted by Gasteiger charge is -2.36. The van der Waals surface area contributed by atoms with Gasteiger partial charge in [0.1, 0.15) is 5.69 Å². The van der Waals surface area contributed by atoms with Crippen LogP contribution in [-0.4, -0.2) is 24.1 Å². The van der Waals surface area contributed by atoms with Crippen LogP contribution in [0.15, 0.2) is 18.2 Å². The van der Waals surface area contributed by atoms with Gasteiger partial charge in [0, 0.05) is 24.7 Å². The van der Waals surface area contributed by atoms with Crippen molar-refractivity contribution in [2.45, 2.75) is 32.2 Å². The first-order valence-corrected chi connectivity index (χ1v) is 6.36. The number of nitro benzene ring substituents is 1. The van der Waals surface area contributed by atoms with Crippen molar-refractivity contribution in [3.8, 4) is 0 Å². The highest BCUT2D eigenvalue weighted by atomic mass is 16.6. The van der Waals surface area contributed by atoms with Gasteiger partial charge in [-0.2, -0.15) is 0 Å². The first kappa shape index (κ1) is 12.8. The SMILES string of the molecule is Cc1cccc(N2CCCCC2CN)c1[N+](=O)[O-]. The van der Waals surface area contributed by atoms with Gasteiger partial charge >= 0.3 is 0 Å². The Balaban J connectivity index is 2.42. The molecule has 98 valence electrons. The summed E-state index contributed by atoms with van der Waals surface area (Å²) in [4.78, 5) is 13.0. The molecule has 0 bridgehead atoms. The minimum Gasteiger partial charge on any atom is -0.362 e. The maximum atomic E-state index is 11.2. The maximum Gasteiger partial charge on any atom is 0.295 e. The fraction of sp³-hybridized carbons (Fsp3) is 0.538. The van der Waals surface area contributed by atoms with Crippen LogP contribution in [-0.2, 0) is 0 Å². The zero-order chi connectivity index (χ0) is 13.1. The van der Waals surface area contributed by atoms with Gasteiger partial charge < -0.3 is 10.6 Å². The summed E-state index contributed by atoms with van der Waals surface area (Å²) >= 11 is 0. The fourth-order valence-corrected chi connectivity index (χ4v) is 2.68. The van der Waals surface area contributed by atoms with E-state index in [0.29, 0.717) is 12.1 Å². The standard InChI is InChI=1S/C13H19N3O2/c1-10-5-4-7-12(13(10)16(17)18)15-8-3-2-6-11(15)9-14/h4-5,7,11H,2-3,6,8-9,14H2,1H3. The summed E-state index contributed by atoms with van der Waals surface area (Å²) in [5, 5.41) is 11.2. The Morgan fingerprint density at radius 1 is 1.50 bits per heavy atom. The van der Waals surface area contributed by atoms with Gasteiger partial charge in [-0.1, -0.05) is 12.1 Å². The van der Waals surface area contributed by atoms with Gasteiger partial charge in [-0.25, -0.2) is 0 Å². The first-order chi connectivity index (χ1) is 8.65. The van der Waals surface area contributed by atoms with Crippen LogP contribution in [0.5, 0.6) is 0 Å². The van der Waals surface area contributed by atoms with E-state index in [1.54, 1.807) is 13.0 Å². The van der Waals surface area contributed by atoms with Gasteiger partial charge in [0.15, 0.2) is 0 Å². The first-order valence-electron chi connectivity index (χ1n) is 6.36. The molecule has 5 heteroatoms. The number of aryl methyl sites for hydroxylation is 1. The lowest BCUT2D eigenvalue weighted by Crippen LogP contribution is -2.44. The number of anilines is 1. The van der Waals surface area contributed by atoms with E-state index in [4.69, 9.17) is 5.73 Å². The number of hydrogen-bond acceptors (Lipinski definition) is 4. The van der Waals surface area contributed by atoms with Gasteiger partial charge in [0.05, 0.1) is 4.92 Å². The summed E-state index contributed by atoms with van der Waals surface area (Å²) in [6, 6.07) is 5.71. The molecule has 1 saturated heterocycles. The summed E-state index contributed by atoms with van der Waals surface area (Å²) in [5.41, 5.74) is 7.43. The molecule has 0 amide bonds. The van der Waals surface area contributed by atoms with Crippen molar-refractivity contribution >= 4 is 11.4 Å². The smallest absolute Gasteiger partial charge is 0.295 e. The predicted molar refractivity (Wildman–Crippen MR) is 71.9 cm³/mol. The largest absolute Gasteiger partial charge is 0.362 e. The molecule has 2 N–H and O–H groups in total. The second-order valence-electron chi connectivity index (χ2n) is 4.78. The Morgan fingerprint density at radius 3 is 2.94 bits per heavy atom. The van der Waals surface area contributed by atoms with Crippen molar-refractivity contribution < 1.29 is 4.92 Å². The van der Waals surface area contributed by atoms with Gasteiger partial charge in [0.25, 0.3) is 5.69 Å². The van der Waals surface area contributed by atoms with Crippen LogP contribution in [0, 0.1) is 17.0 Å². The lowest BCUT2D eigenvalue weighted by molar-refractivity contribution is -0.384. The number of hydrogen-bond donors (Lipinski definition) is 1. The molecule has 1 aliphatic heterocycles. The molecule has 0 saturated carbocycles. The van der Waals surface area contributed by atoms with E-state index in [1.807, 2.05) is 12.1 Å². The molecule has 1 fully saturated rings. The summed E-state index contributed by atoms with van der Waals surface area (Å²) in [7, 11) is 0. The Morgan fingerprint density at radius 2 is 2.28 bits per heavy atom. The highest BCUT2D eigenvalue weighted by Crippen LogP contribution is 2.34. The Bertz CT molecular complexity index is 448. The molecule has 18 heavy (non-hydrogen) atoms. The minimum absolute atomic E-state index is 0.220. The number of benzene rings is 1. The summed E-state index contributed by atoms with van der Waals surface area (Å²) in [6.45, 7) is 3.18. The normalized spacial score (nSPS) is 19.9. The molecule has 1 aromatic carbocycles. The molecule has 2 rings (SSSR count). The second kappa shape index (κ2) is 5.35. The molecule has 0 radical (unpaired) electrons. The Hall–Kier alpha value is -1.62. The van der Waals surface area contributed by atoms with Crippen LogP contribution in [0.3, 0.4) is 0 Å². The third-order valence-corrected chi connectivity index (χ3v) is 3.61. The van der Waals surface area contributed by atoms with Crippen molar-refractivity contribution in [3.63, 3.8) is 0 Å². The molecule has 1 aliphatic rings. The van der Waals surface area contributed by atoms with Gasteiger partial charge in [0.2, 0.25) is 0 Å². The van der Waals surface area contributed by atoms with Crippen LogP contribution in [0.4, 0.5) is 11.4 Å². The van der Waals surface area contributed by atoms with E-state index < -0.39 is 0 Å². The average molecular weight is 249 g/mol. The van der Waals surface area contributed by atoms with Gasteiger partial charge in [-0.05, 0) is 32.3 Å². The zero-order valence-electron chi connectivity index (χ0n) is 10.6. The summed E-state index contributed by atoms with van der Waals surface area (Å²) < 4.78 is 0. The highest BCUT2D eigenvalue weighted by molar-refractivity contribution is 5.67. The van der Waals surface area contributed by atoms with Crippen LogP contribution in [0.2, 0.25) is 0 Å². The number of nitro groups is 1. The summed E-state index contributed by atoms with van der Waals surface area (Å²) in [6.07, 6.45) is 3.24. The third-order valence-electron chi connectivity index (χ3n) is 3.61. The van der Waals surface area contributed by atoms with E-state index in [1.165, 1.54) is 0 Å². The van der Waals surface area contributed by atoms with Crippen molar-refractivity contribution in [3.05, 3.63) is 33.9 Å².